The lowest BCUT2D eigenvalue weighted by atomic mass is 10.1. The van der Waals surface area contributed by atoms with E-state index in [4.69, 9.17) is 10.5 Å². The zero-order chi connectivity index (χ0) is 17.5. The van der Waals surface area contributed by atoms with Crippen LogP contribution in [0, 0.1) is 32.8 Å². The molecule has 2 rings (SSSR count). The Morgan fingerprint density at radius 3 is 2.46 bits per heavy atom. The van der Waals surface area contributed by atoms with Crippen molar-refractivity contribution in [2.75, 3.05) is 18.5 Å². The van der Waals surface area contributed by atoms with Gasteiger partial charge in [-0.2, -0.15) is 15.6 Å². The molecule has 0 unspecified atom stereocenters. The fourth-order valence-electron chi connectivity index (χ4n) is 2.38. The van der Waals surface area contributed by atoms with Crippen LogP contribution in [-0.2, 0) is 0 Å². The van der Waals surface area contributed by atoms with Crippen LogP contribution < -0.4 is 5.43 Å². The molecule has 0 atom stereocenters. The van der Waals surface area contributed by atoms with Crippen molar-refractivity contribution in [2.45, 2.75) is 19.3 Å². The minimum atomic E-state index is -0.614. The lowest BCUT2D eigenvalue weighted by Crippen LogP contribution is -2.35. The van der Waals surface area contributed by atoms with Crippen molar-refractivity contribution in [2.24, 2.45) is 5.10 Å². The number of rotatable bonds is 4. The van der Waals surface area contributed by atoms with E-state index in [-0.39, 0.29) is 22.8 Å². The molecule has 1 amide bonds. The maximum atomic E-state index is 12.5. The monoisotopic (exact) mass is 326 g/mol. The number of likely N-dealkylation sites (tertiary alicyclic amines) is 1. The van der Waals surface area contributed by atoms with Gasteiger partial charge >= 0.3 is 0 Å². The molecule has 0 aromatic heterocycles. The zero-order valence-electron chi connectivity index (χ0n) is 12.7. The number of nitrogens with one attached hydrogen (secondary N) is 1. The van der Waals surface area contributed by atoms with Gasteiger partial charge in [0.2, 0.25) is 5.71 Å². The number of carbonyl (C=O) groups excluding carboxylic acids is 1. The first-order valence-corrected chi connectivity index (χ1v) is 7.28. The van der Waals surface area contributed by atoms with Crippen molar-refractivity contribution < 1.29 is 9.72 Å². The number of piperidine rings is 1. The predicted octanol–water partition coefficient (Wildman–Crippen LogP) is 2.04. The summed E-state index contributed by atoms with van der Waals surface area (Å²) in [6, 6.07) is 6.94. The Morgan fingerprint density at radius 2 is 1.88 bits per heavy atom. The Morgan fingerprint density at radius 1 is 1.21 bits per heavy atom. The number of non-ortho nitro benzene ring substituents is 1. The first kappa shape index (κ1) is 16.9. The van der Waals surface area contributed by atoms with E-state index in [1.54, 1.807) is 17.0 Å². The van der Waals surface area contributed by atoms with Crippen molar-refractivity contribution in [1.82, 2.24) is 4.90 Å². The van der Waals surface area contributed by atoms with E-state index in [0.717, 1.165) is 19.3 Å². The summed E-state index contributed by atoms with van der Waals surface area (Å²) in [4.78, 5) is 24.6. The summed E-state index contributed by atoms with van der Waals surface area (Å²) in [6.45, 7) is 1.24. The fraction of sp³-hybridized carbons (Fsp3) is 0.333. The van der Waals surface area contributed by atoms with E-state index >= 15 is 0 Å². The number of hydrogen-bond acceptors (Lipinski definition) is 7. The Labute approximate surface area is 137 Å². The van der Waals surface area contributed by atoms with Gasteiger partial charge in [-0.25, -0.2) is 0 Å². The molecule has 24 heavy (non-hydrogen) atoms. The third-order valence-corrected chi connectivity index (χ3v) is 3.53. The highest BCUT2D eigenvalue weighted by Crippen LogP contribution is 2.23. The minimum absolute atomic E-state index is 0.160. The number of nitriles is 2. The number of hydrazone groups is 1. The largest absolute Gasteiger partial charge is 0.339 e. The maximum absolute atomic E-state index is 12.5. The van der Waals surface area contributed by atoms with E-state index in [2.05, 4.69) is 10.5 Å². The van der Waals surface area contributed by atoms with Crippen LogP contribution in [0.1, 0.15) is 29.6 Å². The van der Waals surface area contributed by atoms with E-state index in [9.17, 15) is 14.9 Å². The molecule has 122 valence electrons. The number of nitro groups is 1. The Bertz CT molecular complexity index is 752. The predicted molar refractivity (Wildman–Crippen MR) is 85.1 cm³/mol. The highest BCUT2D eigenvalue weighted by Gasteiger charge is 2.21. The van der Waals surface area contributed by atoms with Gasteiger partial charge in [0.1, 0.15) is 12.1 Å². The normalized spacial score (nSPS) is 13.3. The van der Waals surface area contributed by atoms with Crippen molar-refractivity contribution in [3.63, 3.8) is 0 Å². The summed E-state index contributed by atoms with van der Waals surface area (Å²) in [5.74, 6) is -0.286. The average Bonchev–Trinajstić information content (AvgIpc) is 2.62. The third kappa shape index (κ3) is 4.05. The van der Waals surface area contributed by atoms with Gasteiger partial charge in [-0.15, -0.1) is 0 Å². The number of carbonyl (C=O) groups is 1. The molecule has 1 fully saturated rings. The number of anilines is 1. The van der Waals surface area contributed by atoms with Crippen molar-refractivity contribution in [3.05, 3.63) is 33.9 Å². The second kappa shape index (κ2) is 7.70. The number of nitrogens with zero attached hydrogens (tertiary/aromatic N) is 5. The topological polar surface area (TPSA) is 135 Å². The minimum Gasteiger partial charge on any atom is -0.339 e. The number of nitro benzene ring substituents is 1. The second-order valence-electron chi connectivity index (χ2n) is 5.17. The Hall–Kier alpha value is -3.46. The maximum Gasteiger partial charge on any atom is 0.272 e. The smallest absolute Gasteiger partial charge is 0.272 e. The lowest BCUT2D eigenvalue weighted by molar-refractivity contribution is -0.384. The van der Waals surface area contributed by atoms with Gasteiger partial charge in [-0.05, 0) is 25.3 Å². The van der Waals surface area contributed by atoms with Gasteiger partial charge in [0.25, 0.3) is 11.6 Å². The summed E-state index contributed by atoms with van der Waals surface area (Å²) in [6.07, 6.45) is 2.87. The Kier molecular flexibility index (Phi) is 5.42. The molecule has 1 aliphatic heterocycles. The molecule has 1 N–H and O–H groups in total. The molecule has 1 aromatic rings. The summed E-state index contributed by atoms with van der Waals surface area (Å²) < 4.78 is 0. The molecule has 0 saturated carbocycles. The van der Waals surface area contributed by atoms with Crippen molar-refractivity contribution in [3.8, 4) is 12.1 Å². The van der Waals surface area contributed by atoms with Crippen LogP contribution in [0.2, 0.25) is 0 Å². The van der Waals surface area contributed by atoms with Crippen LogP contribution in [0.15, 0.2) is 23.3 Å². The second-order valence-corrected chi connectivity index (χ2v) is 5.17. The van der Waals surface area contributed by atoms with E-state index in [0.29, 0.717) is 13.1 Å². The third-order valence-electron chi connectivity index (χ3n) is 3.53. The highest BCUT2D eigenvalue weighted by molar-refractivity contribution is 6.10. The molecule has 1 aromatic carbocycles. The summed E-state index contributed by atoms with van der Waals surface area (Å²) in [5, 5.41) is 31.9. The molecular weight excluding hydrogens is 312 g/mol. The van der Waals surface area contributed by atoms with Gasteiger partial charge < -0.3 is 4.90 Å². The number of amides is 1. The summed E-state index contributed by atoms with van der Waals surface area (Å²) in [7, 11) is 0. The van der Waals surface area contributed by atoms with Crippen molar-refractivity contribution >= 4 is 23.0 Å². The van der Waals surface area contributed by atoms with Crippen LogP contribution in [0.25, 0.3) is 0 Å². The molecule has 1 saturated heterocycles. The van der Waals surface area contributed by atoms with Crippen LogP contribution in [0.3, 0.4) is 0 Å². The average molecular weight is 326 g/mol. The SMILES string of the molecule is N#CC(C#N)=NNc1cc(C(=O)N2CCCCC2)cc([N+](=O)[O-])c1. The zero-order valence-corrected chi connectivity index (χ0v) is 12.7. The standard InChI is InChI=1S/C15H14N6O3/c16-9-13(10-17)19-18-12-6-11(7-14(8-12)21(23)24)15(22)20-4-2-1-3-5-20/h6-8,18H,1-5H2. The van der Waals surface area contributed by atoms with Crippen LogP contribution in [0.5, 0.6) is 0 Å². The molecule has 0 radical (unpaired) electrons. The molecular formula is C15H14N6O3. The number of hydrogen-bond donors (Lipinski definition) is 1. The van der Waals surface area contributed by atoms with E-state index < -0.39 is 10.6 Å². The number of benzene rings is 1. The van der Waals surface area contributed by atoms with Crippen LogP contribution in [-0.4, -0.2) is 34.5 Å². The van der Waals surface area contributed by atoms with Gasteiger partial charge in [0.05, 0.1) is 10.6 Å². The van der Waals surface area contributed by atoms with Crippen LogP contribution in [0.4, 0.5) is 11.4 Å². The van der Waals surface area contributed by atoms with Gasteiger partial charge in [0.15, 0.2) is 0 Å². The van der Waals surface area contributed by atoms with E-state index in [1.165, 1.54) is 18.2 Å². The van der Waals surface area contributed by atoms with Crippen molar-refractivity contribution in [1.29, 1.82) is 10.5 Å². The van der Waals surface area contributed by atoms with Gasteiger partial charge in [-0.3, -0.25) is 20.3 Å². The summed E-state index contributed by atoms with van der Waals surface area (Å²) in [5.41, 5.74) is 2.04. The molecule has 0 aliphatic carbocycles. The molecule has 0 spiro atoms. The van der Waals surface area contributed by atoms with Gasteiger partial charge in [-0.1, -0.05) is 0 Å². The first-order valence-electron chi connectivity index (χ1n) is 7.28. The molecule has 9 nitrogen and oxygen atoms in total. The summed E-state index contributed by atoms with van der Waals surface area (Å²) >= 11 is 0. The molecule has 1 aliphatic rings. The fourth-order valence-corrected chi connectivity index (χ4v) is 2.38. The Balaban J connectivity index is 2.32. The highest BCUT2D eigenvalue weighted by atomic mass is 16.6. The molecule has 9 heteroatoms. The molecule has 1 heterocycles. The van der Waals surface area contributed by atoms with Crippen LogP contribution >= 0.6 is 0 Å². The molecule has 0 bridgehead atoms. The van der Waals surface area contributed by atoms with Gasteiger partial charge in [0, 0.05) is 30.8 Å². The quantitative estimate of drug-likeness (QED) is 0.511. The first-order chi connectivity index (χ1) is 11.5. The lowest BCUT2D eigenvalue weighted by Gasteiger charge is -2.26. The van der Waals surface area contributed by atoms with E-state index in [1.807, 2.05) is 0 Å².